The summed E-state index contributed by atoms with van der Waals surface area (Å²) in [6.45, 7) is 3.61. The molecule has 0 aromatic carbocycles. The lowest BCUT2D eigenvalue weighted by Crippen LogP contribution is -2.50. The van der Waals surface area contributed by atoms with Gasteiger partial charge in [-0.15, -0.1) is 0 Å². The first-order valence-corrected chi connectivity index (χ1v) is 8.56. The van der Waals surface area contributed by atoms with Gasteiger partial charge in [-0.05, 0) is 0 Å². The molecule has 9 heteroatoms. The Bertz CT molecular complexity index is 239. The summed E-state index contributed by atoms with van der Waals surface area (Å²) in [6, 6.07) is 0. The van der Waals surface area contributed by atoms with Gasteiger partial charge < -0.3 is 31.6 Å². The van der Waals surface area contributed by atoms with E-state index in [1.807, 2.05) is 0 Å². The number of epoxide rings is 3. The predicted molar refractivity (Wildman–Crippen MR) is 63.9 cm³/mol. The topological polar surface area (TPSA) is 74.5 Å². The van der Waals surface area contributed by atoms with Gasteiger partial charge in [-0.25, -0.2) is 0 Å². The fraction of sp³-hybridized carbons (Fsp3) is 1.00. The summed E-state index contributed by atoms with van der Waals surface area (Å²) in [5, 5.41) is 0. The van der Waals surface area contributed by atoms with Gasteiger partial charge in [0.25, 0.3) is 0 Å². The zero-order chi connectivity index (χ0) is 12.4. The number of hydrogen-bond donors (Lipinski definition) is 0. The van der Waals surface area contributed by atoms with E-state index in [0.717, 1.165) is 19.8 Å². The van der Waals surface area contributed by atoms with Crippen molar-refractivity contribution in [1.29, 1.82) is 0 Å². The highest BCUT2D eigenvalue weighted by molar-refractivity contribution is 6.57. The Balaban J connectivity index is 1.49. The zero-order valence-electron chi connectivity index (χ0n) is 10.3. The lowest BCUT2D eigenvalue weighted by atomic mass is 10.5. The van der Waals surface area contributed by atoms with E-state index in [9.17, 15) is 0 Å². The molecule has 3 heterocycles. The summed E-state index contributed by atoms with van der Waals surface area (Å²) in [6.07, 6.45) is 0.487. The van der Waals surface area contributed by atoms with Crippen LogP contribution in [0, 0.1) is 0 Å². The molecule has 0 saturated carbocycles. The molecule has 0 aliphatic carbocycles. The molecule has 0 radical (unpaired) electrons. The Labute approximate surface area is 110 Å². The van der Waals surface area contributed by atoms with E-state index in [1.54, 1.807) is 0 Å². The fourth-order valence-electron chi connectivity index (χ4n) is 1.38. The molecule has 0 aromatic heterocycles. The summed E-state index contributed by atoms with van der Waals surface area (Å²) in [7, 11) is -2.51. The molecule has 0 spiro atoms. The highest BCUT2D eigenvalue weighted by atomic mass is 28.4. The minimum Gasteiger partial charge on any atom is -0.403 e. The van der Waals surface area contributed by atoms with E-state index in [1.165, 1.54) is 0 Å². The standard InChI is InChI=1S/C9H18O7Si2/c17-16-18(13-4-7-1-10-7,14-5-8-2-11-8)15-6-9-3-12-9/h7-9H,1-6H2,17H3. The third-order valence-corrected chi connectivity index (χ3v) is 6.36. The molecule has 18 heavy (non-hydrogen) atoms. The van der Waals surface area contributed by atoms with Gasteiger partial charge >= 0.3 is 9.05 Å². The molecule has 3 aliphatic rings. The smallest absolute Gasteiger partial charge is 0.403 e. The number of rotatable bonds is 10. The molecular formula is C9H18O7Si2. The maximum absolute atomic E-state index is 5.73. The Morgan fingerprint density at radius 1 is 0.833 bits per heavy atom. The van der Waals surface area contributed by atoms with Gasteiger partial charge in [-0.2, -0.15) is 0 Å². The third kappa shape index (κ3) is 4.08. The normalized spacial score (nSPS) is 36.3. The fourth-order valence-corrected chi connectivity index (χ4v) is 4.21. The first-order chi connectivity index (χ1) is 8.80. The van der Waals surface area contributed by atoms with E-state index >= 15 is 0 Å². The molecule has 0 amide bonds. The molecule has 3 saturated heterocycles. The van der Waals surface area contributed by atoms with Crippen LogP contribution in [-0.2, 0) is 31.6 Å². The molecule has 3 fully saturated rings. The summed E-state index contributed by atoms with van der Waals surface area (Å²) in [4.78, 5) is 0. The van der Waals surface area contributed by atoms with Gasteiger partial charge in [0.1, 0.15) is 28.8 Å². The largest absolute Gasteiger partial charge is 0.668 e. The summed E-state index contributed by atoms with van der Waals surface area (Å²) >= 11 is 0. The molecule has 3 aliphatic heterocycles. The summed E-state index contributed by atoms with van der Waals surface area (Å²) in [5.74, 6) is 0. The highest BCUT2D eigenvalue weighted by Gasteiger charge is 2.48. The zero-order valence-corrected chi connectivity index (χ0v) is 13.3. The van der Waals surface area contributed by atoms with Crippen molar-refractivity contribution < 1.29 is 31.6 Å². The van der Waals surface area contributed by atoms with E-state index in [0.29, 0.717) is 30.3 Å². The number of ether oxygens (including phenoxy) is 3. The Morgan fingerprint density at radius 2 is 1.17 bits per heavy atom. The minimum atomic E-state index is -3.02. The molecule has 7 nitrogen and oxygen atoms in total. The molecule has 3 rings (SSSR count). The van der Waals surface area contributed by atoms with Crippen LogP contribution in [0.1, 0.15) is 0 Å². The van der Waals surface area contributed by atoms with Crippen molar-refractivity contribution >= 4 is 19.5 Å². The van der Waals surface area contributed by atoms with Crippen molar-refractivity contribution in [3.05, 3.63) is 0 Å². The van der Waals surface area contributed by atoms with Crippen molar-refractivity contribution in [1.82, 2.24) is 0 Å². The second-order valence-corrected chi connectivity index (χ2v) is 8.00. The predicted octanol–water partition coefficient (Wildman–Crippen LogP) is -2.03. The van der Waals surface area contributed by atoms with E-state index in [4.69, 9.17) is 31.6 Å². The summed E-state index contributed by atoms with van der Waals surface area (Å²) < 4.78 is 38.1. The second-order valence-electron chi connectivity index (χ2n) is 4.50. The van der Waals surface area contributed by atoms with Crippen molar-refractivity contribution in [2.45, 2.75) is 18.3 Å². The van der Waals surface area contributed by atoms with Gasteiger partial charge in [0.2, 0.25) is 0 Å². The monoisotopic (exact) mass is 294 g/mol. The van der Waals surface area contributed by atoms with E-state index < -0.39 is 9.05 Å². The Hall–Kier alpha value is 0.154. The van der Waals surface area contributed by atoms with Crippen LogP contribution in [0.4, 0.5) is 0 Å². The molecule has 0 bridgehead atoms. The summed E-state index contributed by atoms with van der Waals surface area (Å²) in [5.41, 5.74) is 0. The van der Waals surface area contributed by atoms with Crippen molar-refractivity contribution in [3.8, 4) is 0 Å². The van der Waals surface area contributed by atoms with E-state index in [2.05, 4.69) is 0 Å². The van der Waals surface area contributed by atoms with E-state index in [-0.39, 0.29) is 18.3 Å². The molecule has 0 N–H and O–H groups in total. The number of hydrogen-bond acceptors (Lipinski definition) is 7. The van der Waals surface area contributed by atoms with Crippen LogP contribution < -0.4 is 0 Å². The highest BCUT2D eigenvalue weighted by Crippen LogP contribution is 2.20. The lowest BCUT2D eigenvalue weighted by molar-refractivity contribution is -0.00726. The van der Waals surface area contributed by atoms with Crippen LogP contribution in [0.15, 0.2) is 0 Å². The van der Waals surface area contributed by atoms with Gasteiger partial charge in [-0.1, -0.05) is 0 Å². The SMILES string of the molecule is [SiH3]O[Si](OCC1CO1)(OCC1CO1)OCC1CO1. The second kappa shape index (κ2) is 5.65. The van der Waals surface area contributed by atoms with Crippen LogP contribution in [0.2, 0.25) is 0 Å². The van der Waals surface area contributed by atoms with Crippen molar-refractivity contribution in [3.63, 3.8) is 0 Å². The van der Waals surface area contributed by atoms with Gasteiger partial charge in [0.05, 0.1) is 39.6 Å². The Morgan fingerprint density at radius 3 is 1.39 bits per heavy atom. The van der Waals surface area contributed by atoms with Crippen LogP contribution in [0.5, 0.6) is 0 Å². The van der Waals surface area contributed by atoms with Crippen LogP contribution in [-0.4, -0.2) is 77.5 Å². The van der Waals surface area contributed by atoms with Gasteiger partial charge in [0, 0.05) is 0 Å². The average molecular weight is 294 g/mol. The van der Waals surface area contributed by atoms with Crippen molar-refractivity contribution in [2.75, 3.05) is 39.6 Å². The minimum absolute atomic E-state index is 0.162. The quantitative estimate of drug-likeness (QED) is 0.340. The van der Waals surface area contributed by atoms with Gasteiger partial charge in [-0.3, -0.25) is 0 Å². The molecule has 3 atom stereocenters. The first kappa shape index (κ1) is 13.2. The van der Waals surface area contributed by atoms with Gasteiger partial charge in [0.15, 0.2) is 0 Å². The van der Waals surface area contributed by atoms with Crippen LogP contribution in [0.3, 0.4) is 0 Å². The molecule has 104 valence electrons. The maximum Gasteiger partial charge on any atom is 0.668 e. The average Bonchev–Trinajstić information content (AvgIpc) is 3.26. The van der Waals surface area contributed by atoms with Crippen LogP contribution >= 0.6 is 0 Å². The molecular weight excluding hydrogens is 276 g/mol. The van der Waals surface area contributed by atoms with Crippen molar-refractivity contribution in [2.24, 2.45) is 0 Å². The maximum atomic E-state index is 5.73. The molecule has 0 aromatic rings. The molecule has 3 unspecified atom stereocenters. The van der Waals surface area contributed by atoms with Crippen LogP contribution in [0.25, 0.3) is 0 Å². The lowest BCUT2D eigenvalue weighted by Gasteiger charge is -2.26. The third-order valence-electron chi connectivity index (χ3n) is 2.80. The first-order valence-electron chi connectivity index (χ1n) is 6.11. The Kier molecular flexibility index (Phi) is 4.13.